The fraction of sp³-hybridized carbons (Fsp3) is 0.688. The fourth-order valence-electron chi connectivity index (χ4n) is 2.74. The minimum Gasteiger partial charge on any atom is -0.411 e. The highest BCUT2D eigenvalue weighted by atomic mass is 32.2. The SMILES string of the molecule is O/N=C1\CCCCCCCCCC[C@@H]1Sc1ncccn1. The molecule has 1 atom stereocenters. The lowest BCUT2D eigenvalue weighted by atomic mass is 9.99. The van der Waals surface area contributed by atoms with Crippen LogP contribution in [0.1, 0.15) is 64.2 Å². The topological polar surface area (TPSA) is 58.4 Å². The Balaban J connectivity index is 2.00. The van der Waals surface area contributed by atoms with Crippen molar-refractivity contribution in [3.05, 3.63) is 18.5 Å². The van der Waals surface area contributed by atoms with E-state index in [4.69, 9.17) is 0 Å². The molecule has 0 unspecified atom stereocenters. The molecule has 1 heterocycles. The molecule has 21 heavy (non-hydrogen) atoms. The molecule has 116 valence electrons. The van der Waals surface area contributed by atoms with Gasteiger partial charge in [0.05, 0.1) is 11.0 Å². The normalized spacial score (nSPS) is 24.2. The first-order valence-corrected chi connectivity index (χ1v) is 8.92. The Morgan fingerprint density at radius 1 is 0.952 bits per heavy atom. The standard InChI is InChI=1S/C16H25N3OS/c20-19-14-10-7-5-3-1-2-4-6-8-11-15(14)21-16-17-12-9-13-18-16/h9,12-13,15,20H,1-8,10-11H2/b19-14+/t15-/m0/s1. The molecule has 0 amide bonds. The summed E-state index contributed by atoms with van der Waals surface area (Å²) in [5.41, 5.74) is 0.910. The van der Waals surface area contributed by atoms with Crippen molar-refractivity contribution < 1.29 is 5.21 Å². The molecule has 1 saturated carbocycles. The van der Waals surface area contributed by atoms with Gasteiger partial charge in [-0.15, -0.1) is 0 Å². The van der Waals surface area contributed by atoms with Crippen LogP contribution in [0.3, 0.4) is 0 Å². The minimum absolute atomic E-state index is 0.205. The zero-order chi connectivity index (χ0) is 14.8. The summed E-state index contributed by atoms with van der Waals surface area (Å²) >= 11 is 1.63. The molecule has 0 bridgehead atoms. The van der Waals surface area contributed by atoms with Gasteiger partial charge in [-0.05, 0) is 25.3 Å². The van der Waals surface area contributed by atoms with Gasteiger partial charge >= 0.3 is 0 Å². The van der Waals surface area contributed by atoms with Gasteiger partial charge in [-0.1, -0.05) is 61.9 Å². The predicted molar refractivity (Wildman–Crippen MR) is 87.1 cm³/mol. The molecule has 1 aromatic heterocycles. The van der Waals surface area contributed by atoms with E-state index in [2.05, 4.69) is 15.1 Å². The summed E-state index contributed by atoms with van der Waals surface area (Å²) in [7, 11) is 0. The third-order valence-electron chi connectivity index (χ3n) is 3.94. The summed E-state index contributed by atoms with van der Waals surface area (Å²) in [5, 5.41) is 14.0. The first-order valence-electron chi connectivity index (χ1n) is 8.04. The molecule has 2 rings (SSSR count). The van der Waals surface area contributed by atoms with Crippen molar-refractivity contribution in [2.45, 2.75) is 74.6 Å². The van der Waals surface area contributed by atoms with Crippen LogP contribution in [0.25, 0.3) is 0 Å². The number of aromatic nitrogens is 2. The Labute approximate surface area is 131 Å². The highest BCUT2D eigenvalue weighted by Gasteiger charge is 2.19. The summed E-state index contributed by atoms with van der Waals surface area (Å²) in [5.74, 6) is 0. The molecular formula is C16H25N3OS. The van der Waals surface area contributed by atoms with Gasteiger partial charge < -0.3 is 5.21 Å². The molecule has 1 aliphatic rings. The number of nitrogens with zero attached hydrogens (tertiary/aromatic N) is 3. The van der Waals surface area contributed by atoms with Gasteiger partial charge in [0, 0.05) is 12.4 Å². The Bertz CT molecular complexity index is 425. The van der Waals surface area contributed by atoms with Gasteiger partial charge in [0.25, 0.3) is 0 Å². The molecule has 1 aromatic rings. The molecule has 0 spiro atoms. The Kier molecular flexibility index (Phi) is 7.57. The summed E-state index contributed by atoms with van der Waals surface area (Å²) < 4.78 is 0. The predicted octanol–water partition coefficient (Wildman–Crippen LogP) is 4.68. The van der Waals surface area contributed by atoms with E-state index in [9.17, 15) is 5.21 Å². The summed E-state index contributed by atoms with van der Waals surface area (Å²) in [6.45, 7) is 0. The Hall–Kier alpha value is -1.10. The highest BCUT2D eigenvalue weighted by Crippen LogP contribution is 2.27. The van der Waals surface area contributed by atoms with E-state index in [0.717, 1.165) is 30.1 Å². The van der Waals surface area contributed by atoms with Crippen molar-refractivity contribution >= 4 is 17.5 Å². The van der Waals surface area contributed by atoms with Gasteiger partial charge in [-0.3, -0.25) is 0 Å². The average Bonchev–Trinajstić information content (AvgIpc) is 2.51. The van der Waals surface area contributed by atoms with Crippen LogP contribution in [0.5, 0.6) is 0 Å². The third-order valence-corrected chi connectivity index (χ3v) is 5.15. The van der Waals surface area contributed by atoms with Crippen LogP contribution in [0.2, 0.25) is 0 Å². The summed E-state index contributed by atoms with van der Waals surface area (Å²) in [4.78, 5) is 8.57. The van der Waals surface area contributed by atoms with Gasteiger partial charge in [-0.25, -0.2) is 9.97 Å². The largest absolute Gasteiger partial charge is 0.411 e. The Morgan fingerprint density at radius 2 is 1.57 bits per heavy atom. The van der Waals surface area contributed by atoms with E-state index in [1.54, 1.807) is 24.2 Å². The molecule has 5 heteroatoms. The van der Waals surface area contributed by atoms with Crippen LogP contribution < -0.4 is 0 Å². The van der Waals surface area contributed by atoms with E-state index < -0.39 is 0 Å². The maximum atomic E-state index is 9.38. The quantitative estimate of drug-likeness (QED) is 0.489. The van der Waals surface area contributed by atoms with Crippen LogP contribution in [-0.4, -0.2) is 26.1 Å². The molecule has 0 aliphatic heterocycles. The molecule has 1 aliphatic carbocycles. The molecule has 1 N–H and O–H groups in total. The van der Waals surface area contributed by atoms with Crippen molar-refractivity contribution in [2.75, 3.05) is 0 Å². The van der Waals surface area contributed by atoms with Crippen LogP contribution in [0.4, 0.5) is 0 Å². The second kappa shape index (κ2) is 9.77. The second-order valence-corrected chi connectivity index (χ2v) is 6.77. The monoisotopic (exact) mass is 307 g/mol. The van der Waals surface area contributed by atoms with Crippen LogP contribution in [-0.2, 0) is 0 Å². The van der Waals surface area contributed by atoms with Crippen molar-refractivity contribution in [1.29, 1.82) is 0 Å². The van der Waals surface area contributed by atoms with E-state index >= 15 is 0 Å². The van der Waals surface area contributed by atoms with Crippen molar-refractivity contribution in [3.8, 4) is 0 Å². The maximum absolute atomic E-state index is 9.38. The zero-order valence-electron chi connectivity index (χ0n) is 12.6. The average molecular weight is 307 g/mol. The van der Waals surface area contributed by atoms with Crippen LogP contribution in [0.15, 0.2) is 28.8 Å². The van der Waals surface area contributed by atoms with Gasteiger partial charge in [0.15, 0.2) is 5.16 Å². The number of oxime groups is 1. The van der Waals surface area contributed by atoms with Gasteiger partial charge in [-0.2, -0.15) is 0 Å². The molecule has 0 aromatic carbocycles. The first-order chi connectivity index (χ1) is 10.4. The number of thioether (sulfide) groups is 1. The maximum Gasteiger partial charge on any atom is 0.188 e. The zero-order valence-corrected chi connectivity index (χ0v) is 13.4. The van der Waals surface area contributed by atoms with E-state index in [1.165, 1.54) is 44.9 Å². The van der Waals surface area contributed by atoms with Crippen molar-refractivity contribution in [3.63, 3.8) is 0 Å². The lowest BCUT2D eigenvalue weighted by molar-refractivity contribution is 0.315. The molecular weight excluding hydrogens is 282 g/mol. The number of rotatable bonds is 2. The summed E-state index contributed by atoms with van der Waals surface area (Å²) in [6, 6.07) is 1.83. The number of hydrogen-bond donors (Lipinski definition) is 1. The molecule has 0 radical (unpaired) electrons. The lowest BCUT2D eigenvalue weighted by Crippen LogP contribution is -2.18. The van der Waals surface area contributed by atoms with Crippen LogP contribution in [0, 0.1) is 0 Å². The second-order valence-electron chi connectivity index (χ2n) is 5.60. The smallest absolute Gasteiger partial charge is 0.188 e. The van der Waals surface area contributed by atoms with E-state index in [0.29, 0.717) is 0 Å². The number of hydrogen-bond acceptors (Lipinski definition) is 5. The molecule has 1 fully saturated rings. The highest BCUT2D eigenvalue weighted by molar-refractivity contribution is 8.00. The first kappa shape index (κ1) is 16.3. The molecule has 4 nitrogen and oxygen atoms in total. The van der Waals surface area contributed by atoms with Crippen molar-refractivity contribution in [2.24, 2.45) is 5.16 Å². The fourth-order valence-corrected chi connectivity index (χ4v) is 3.82. The summed E-state index contributed by atoms with van der Waals surface area (Å²) in [6.07, 6.45) is 15.6. The lowest BCUT2D eigenvalue weighted by Gasteiger charge is -2.18. The van der Waals surface area contributed by atoms with E-state index in [1.807, 2.05) is 6.07 Å². The Morgan fingerprint density at radius 3 is 2.24 bits per heavy atom. The van der Waals surface area contributed by atoms with Gasteiger partial charge in [0.1, 0.15) is 0 Å². The van der Waals surface area contributed by atoms with E-state index in [-0.39, 0.29) is 5.25 Å². The third kappa shape index (κ3) is 6.04. The minimum atomic E-state index is 0.205. The van der Waals surface area contributed by atoms with Crippen molar-refractivity contribution in [1.82, 2.24) is 9.97 Å². The van der Waals surface area contributed by atoms with Gasteiger partial charge in [0.2, 0.25) is 0 Å². The molecule has 0 saturated heterocycles. The van der Waals surface area contributed by atoms with Crippen LogP contribution >= 0.6 is 11.8 Å².